The monoisotopic (exact) mass is 646 g/mol. The van der Waals surface area contributed by atoms with Gasteiger partial charge in [-0.15, -0.1) is 0 Å². The molecule has 0 heterocycles. The summed E-state index contributed by atoms with van der Waals surface area (Å²) in [4.78, 5) is 0. The average Bonchev–Trinajstić information content (AvgIpc) is 3.15. The van der Waals surface area contributed by atoms with Crippen molar-refractivity contribution in [3.05, 3.63) is 144 Å². The molecule has 5 aromatic rings. The Kier molecular flexibility index (Phi) is 14.2. The molecule has 5 rings (SSSR count). The van der Waals surface area contributed by atoms with E-state index in [9.17, 15) is 0 Å². The van der Waals surface area contributed by atoms with E-state index in [2.05, 4.69) is 148 Å². The SMILES string of the molecule is CCCCCCCCc1cc(C=C(C)N=Nc2cc(-c3ccccc3)cc(-c3ccccc3)c2)cc(-c2ccccc2)c1CCCCCC. The van der Waals surface area contributed by atoms with E-state index in [0.717, 1.165) is 35.4 Å². The van der Waals surface area contributed by atoms with Crippen molar-refractivity contribution >= 4 is 11.8 Å². The van der Waals surface area contributed by atoms with Crippen molar-refractivity contribution in [2.45, 2.75) is 97.8 Å². The van der Waals surface area contributed by atoms with Crippen LogP contribution in [-0.2, 0) is 12.8 Å². The minimum absolute atomic E-state index is 0.851. The van der Waals surface area contributed by atoms with Gasteiger partial charge in [0, 0.05) is 0 Å². The number of nitrogens with zero attached hydrogens (tertiary/aromatic N) is 2. The highest BCUT2D eigenvalue weighted by Gasteiger charge is 2.13. The maximum Gasteiger partial charge on any atom is 0.0869 e. The Hall–Kier alpha value is -4.56. The molecule has 2 nitrogen and oxygen atoms in total. The summed E-state index contributed by atoms with van der Waals surface area (Å²) in [7, 11) is 0. The normalized spacial score (nSPS) is 11.8. The lowest BCUT2D eigenvalue weighted by Gasteiger charge is -2.18. The van der Waals surface area contributed by atoms with E-state index in [0.29, 0.717) is 0 Å². The molecule has 0 saturated heterocycles. The molecule has 0 unspecified atom stereocenters. The number of hydrogen-bond donors (Lipinski definition) is 0. The molecule has 0 aliphatic heterocycles. The van der Waals surface area contributed by atoms with Crippen LogP contribution in [0.3, 0.4) is 0 Å². The molecular weight excluding hydrogens is 593 g/mol. The van der Waals surface area contributed by atoms with Crippen LogP contribution in [0, 0.1) is 0 Å². The van der Waals surface area contributed by atoms with E-state index in [1.165, 1.54) is 97.6 Å². The molecule has 0 radical (unpaired) electrons. The lowest BCUT2D eigenvalue weighted by atomic mass is 9.87. The van der Waals surface area contributed by atoms with E-state index < -0.39 is 0 Å². The Bertz CT molecular complexity index is 1710. The highest BCUT2D eigenvalue weighted by Crippen LogP contribution is 2.34. The highest BCUT2D eigenvalue weighted by molar-refractivity contribution is 5.77. The second-order valence-electron chi connectivity index (χ2n) is 13.4. The van der Waals surface area contributed by atoms with Crippen LogP contribution in [0.4, 0.5) is 5.69 Å². The molecule has 0 aliphatic rings. The van der Waals surface area contributed by atoms with Crippen molar-refractivity contribution in [1.82, 2.24) is 0 Å². The van der Waals surface area contributed by atoms with Crippen LogP contribution in [0.15, 0.2) is 137 Å². The van der Waals surface area contributed by atoms with Gasteiger partial charge in [0.2, 0.25) is 0 Å². The van der Waals surface area contributed by atoms with Gasteiger partial charge in [0.15, 0.2) is 0 Å². The standard InChI is InChI=1S/C47H54N2/c1-4-6-8-10-11-15-29-42-32-38(33-47(41-27-20-14-21-28-41)46(42)30-22-9-7-5-2)31-37(3)48-49-45-35-43(39-23-16-12-17-24-39)34-44(36-45)40-25-18-13-19-26-40/h12-14,16-21,23-28,31-36H,4-11,15,22,29-30H2,1-3H3. The van der Waals surface area contributed by atoms with Crippen molar-refractivity contribution in [2.24, 2.45) is 10.2 Å². The third-order valence-corrected chi connectivity index (χ3v) is 9.36. The van der Waals surface area contributed by atoms with Crippen LogP contribution >= 0.6 is 0 Å². The summed E-state index contributed by atoms with van der Waals surface area (Å²) in [6, 6.07) is 43.4. The highest BCUT2D eigenvalue weighted by atomic mass is 15.1. The predicted molar refractivity (Wildman–Crippen MR) is 212 cm³/mol. The molecule has 2 heteroatoms. The average molecular weight is 647 g/mol. The fourth-order valence-electron chi connectivity index (χ4n) is 6.73. The van der Waals surface area contributed by atoms with E-state index in [1.54, 1.807) is 5.56 Å². The largest absolute Gasteiger partial charge is 0.155 e. The van der Waals surface area contributed by atoms with Crippen molar-refractivity contribution in [3.8, 4) is 33.4 Å². The van der Waals surface area contributed by atoms with Gasteiger partial charge in [-0.1, -0.05) is 162 Å². The number of rotatable bonds is 18. The van der Waals surface area contributed by atoms with Gasteiger partial charge < -0.3 is 0 Å². The lowest BCUT2D eigenvalue weighted by molar-refractivity contribution is 0.605. The molecule has 0 saturated carbocycles. The molecular formula is C47H54N2. The first-order chi connectivity index (χ1) is 24.1. The lowest BCUT2D eigenvalue weighted by Crippen LogP contribution is -2.01. The van der Waals surface area contributed by atoms with Gasteiger partial charge in [-0.2, -0.15) is 10.2 Å². The minimum Gasteiger partial charge on any atom is -0.155 e. The van der Waals surface area contributed by atoms with Crippen LogP contribution < -0.4 is 0 Å². The van der Waals surface area contributed by atoms with Crippen LogP contribution in [-0.4, -0.2) is 0 Å². The number of azo groups is 1. The fraction of sp³-hybridized carbons (Fsp3) is 0.319. The number of hydrogen-bond acceptors (Lipinski definition) is 2. The van der Waals surface area contributed by atoms with E-state index in [4.69, 9.17) is 10.2 Å². The van der Waals surface area contributed by atoms with E-state index in [-0.39, 0.29) is 0 Å². The van der Waals surface area contributed by atoms with Gasteiger partial charge >= 0.3 is 0 Å². The zero-order chi connectivity index (χ0) is 34.1. The Balaban J connectivity index is 1.47. The zero-order valence-electron chi connectivity index (χ0n) is 30.0. The number of allylic oxidation sites excluding steroid dienone is 1. The smallest absolute Gasteiger partial charge is 0.0869 e. The van der Waals surface area contributed by atoms with Crippen molar-refractivity contribution in [1.29, 1.82) is 0 Å². The molecule has 0 bridgehead atoms. The predicted octanol–water partition coefficient (Wildman–Crippen LogP) is 14.9. The number of aryl methyl sites for hydroxylation is 1. The van der Waals surface area contributed by atoms with Gasteiger partial charge in [0.05, 0.1) is 11.4 Å². The summed E-state index contributed by atoms with van der Waals surface area (Å²) in [6.07, 6.45) is 17.4. The molecule has 0 N–H and O–H groups in total. The Morgan fingerprint density at radius 1 is 0.510 bits per heavy atom. The second kappa shape index (κ2) is 19.4. The minimum atomic E-state index is 0.851. The number of unbranched alkanes of at least 4 members (excludes halogenated alkanes) is 8. The second-order valence-corrected chi connectivity index (χ2v) is 13.4. The van der Waals surface area contributed by atoms with E-state index in [1.807, 2.05) is 0 Å². The Morgan fingerprint density at radius 2 is 1.02 bits per heavy atom. The van der Waals surface area contributed by atoms with Gasteiger partial charge in [-0.3, -0.25) is 0 Å². The maximum absolute atomic E-state index is 4.80. The van der Waals surface area contributed by atoms with Crippen molar-refractivity contribution in [3.63, 3.8) is 0 Å². The van der Waals surface area contributed by atoms with Gasteiger partial charge in [-0.05, 0) is 113 Å². The molecule has 0 amide bonds. The molecule has 49 heavy (non-hydrogen) atoms. The molecule has 0 fully saturated rings. The van der Waals surface area contributed by atoms with Crippen molar-refractivity contribution < 1.29 is 0 Å². The third kappa shape index (κ3) is 11.0. The maximum atomic E-state index is 4.80. The Labute approximate surface area is 296 Å². The van der Waals surface area contributed by atoms with E-state index >= 15 is 0 Å². The third-order valence-electron chi connectivity index (χ3n) is 9.36. The summed E-state index contributed by atoms with van der Waals surface area (Å²) in [5.41, 5.74) is 13.3. The molecule has 252 valence electrons. The van der Waals surface area contributed by atoms with Crippen LogP contribution in [0.5, 0.6) is 0 Å². The van der Waals surface area contributed by atoms with Crippen molar-refractivity contribution in [2.75, 3.05) is 0 Å². The molecule has 5 aromatic carbocycles. The van der Waals surface area contributed by atoms with Gasteiger partial charge in [-0.25, -0.2) is 0 Å². The first-order valence-electron chi connectivity index (χ1n) is 18.7. The quantitative estimate of drug-likeness (QED) is 0.0668. The van der Waals surface area contributed by atoms with Crippen LogP contribution in [0.2, 0.25) is 0 Å². The molecule has 0 aliphatic carbocycles. The molecule has 0 atom stereocenters. The topological polar surface area (TPSA) is 24.7 Å². The van der Waals surface area contributed by atoms with Crippen LogP contribution in [0.25, 0.3) is 39.5 Å². The summed E-state index contributed by atoms with van der Waals surface area (Å²) < 4.78 is 0. The Morgan fingerprint density at radius 3 is 1.61 bits per heavy atom. The number of benzene rings is 5. The summed E-state index contributed by atoms with van der Waals surface area (Å²) in [6.45, 7) is 6.65. The first-order valence-corrected chi connectivity index (χ1v) is 18.7. The molecule has 0 spiro atoms. The summed E-state index contributed by atoms with van der Waals surface area (Å²) in [5.74, 6) is 0. The first kappa shape index (κ1) is 35.7. The summed E-state index contributed by atoms with van der Waals surface area (Å²) >= 11 is 0. The van der Waals surface area contributed by atoms with Gasteiger partial charge in [0.1, 0.15) is 0 Å². The van der Waals surface area contributed by atoms with Gasteiger partial charge in [0.25, 0.3) is 0 Å². The zero-order valence-corrected chi connectivity index (χ0v) is 30.0. The van der Waals surface area contributed by atoms with Crippen LogP contribution in [0.1, 0.15) is 102 Å². The summed E-state index contributed by atoms with van der Waals surface area (Å²) in [5, 5.41) is 9.57. The molecule has 0 aromatic heterocycles. The fourth-order valence-corrected chi connectivity index (χ4v) is 6.73.